The van der Waals surface area contributed by atoms with Gasteiger partial charge in [-0.1, -0.05) is 58.0 Å². The quantitative estimate of drug-likeness (QED) is 0.526. The van der Waals surface area contributed by atoms with Crippen molar-refractivity contribution in [1.82, 2.24) is 4.98 Å². The second-order valence-corrected chi connectivity index (χ2v) is 9.79. The van der Waals surface area contributed by atoms with E-state index in [2.05, 4.69) is 80.5 Å². The van der Waals surface area contributed by atoms with Crippen LogP contribution in [0.4, 0.5) is 5.69 Å². The van der Waals surface area contributed by atoms with Crippen LogP contribution >= 0.6 is 0 Å². The molecule has 1 atom stereocenters. The van der Waals surface area contributed by atoms with E-state index in [4.69, 9.17) is 0 Å². The van der Waals surface area contributed by atoms with Crippen LogP contribution in [0.3, 0.4) is 0 Å². The van der Waals surface area contributed by atoms with Crippen molar-refractivity contribution in [3.8, 4) is 0 Å². The molecule has 3 heteroatoms. The van der Waals surface area contributed by atoms with Crippen LogP contribution in [0.5, 0.6) is 0 Å². The van der Waals surface area contributed by atoms with E-state index in [9.17, 15) is 4.79 Å². The van der Waals surface area contributed by atoms with Gasteiger partial charge in [-0.05, 0) is 52.7 Å². The van der Waals surface area contributed by atoms with E-state index in [-0.39, 0.29) is 17.2 Å². The van der Waals surface area contributed by atoms with Crippen molar-refractivity contribution in [2.45, 2.75) is 52.5 Å². The number of carbonyl (C=O) groups is 1. The normalized spacial score (nSPS) is 20.2. The molecule has 2 aromatic carbocycles. The zero-order chi connectivity index (χ0) is 21.0. The maximum absolute atomic E-state index is 13.4. The van der Waals surface area contributed by atoms with Crippen LogP contribution in [-0.2, 0) is 4.79 Å². The predicted octanol–water partition coefficient (Wildman–Crippen LogP) is 6.67. The van der Waals surface area contributed by atoms with Gasteiger partial charge in [-0.3, -0.25) is 9.78 Å². The third-order valence-corrected chi connectivity index (χ3v) is 6.53. The number of nitrogens with one attached hydrogen (secondary N) is 1. The van der Waals surface area contributed by atoms with E-state index in [0.717, 1.165) is 39.7 Å². The maximum Gasteiger partial charge on any atom is 0.162 e. The molecule has 0 amide bonds. The fourth-order valence-corrected chi connectivity index (χ4v) is 5.04. The fraction of sp³-hybridized carbons (Fsp3) is 0.333. The van der Waals surface area contributed by atoms with Gasteiger partial charge in [0.1, 0.15) is 0 Å². The molecule has 1 aliphatic carbocycles. The summed E-state index contributed by atoms with van der Waals surface area (Å²) in [7, 11) is 0. The zero-order valence-electron chi connectivity index (χ0n) is 18.1. The number of ketones is 1. The minimum absolute atomic E-state index is 0.0407. The van der Waals surface area contributed by atoms with Crippen molar-refractivity contribution in [3.05, 3.63) is 77.0 Å². The number of fused-ring (bicyclic) bond motifs is 4. The lowest BCUT2D eigenvalue weighted by atomic mass is 9.68. The summed E-state index contributed by atoms with van der Waals surface area (Å²) in [5, 5.41) is 4.82. The summed E-state index contributed by atoms with van der Waals surface area (Å²) in [6.07, 6.45) is 3.32. The van der Waals surface area contributed by atoms with Crippen molar-refractivity contribution < 1.29 is 4.79 Å². The van der Waals surface area contributed by atoms with E-state index in [1.54, 1.807) is 0 Å². The Morgan fingerprint density at radius 3 is 2.53 bits per heavy atom. The summed E-state index contributed by atoms with van der Waals surface area (Å²) in [6.45, 7) is 8.81. The molecule has 5 rings (SSSR count). The number of nitrogens with zero attached hydrogens (tertiary/aromatic N) is 1. The van der Waals surface area contributed by atoms with Crippen LogP contribution in [-0.4, -0.2) is 10.8 Å². The van der Waals surface area contributed by atoms with Crippen molar-refractivity contribution in [2.75, 3.05) is 5.32 Å². The summed E-state index contributed by atoms with van der Waals surface area (Å²) in [5.74, 6) is 0.753. The molecule has 1 aromatic heterocycles. The molecule has 30 heavy (non-hydrogen) atoms. The third-order valence-electron chi connectivity index (χ3n) is 6.53. The Hall–Kier alpha value is -2.94. The number of hydrogen-bond donors (Lipinski definition) is 1. The molecule has 0 unspecified atom stereocenters. The number of aromatic nitrogens is 1. The summed E-state index contributed by atoms with van der Waals surface area (Å²) < 4.78 is 0. The van der Waals surface area contributed by atoms with E-state index in [1.165, 1.54) is 11.1 Å². The van der Waals surface area contributed by atoms with Gasteiger partial charge in [0.05, 0.1) is 11.6 Å². The van der Waals surface area contributed by atoms with Crippen LogP contribution in [0.15, 0.2) is 60.3 Å². The number of pyridine rings is 1. The Morgan fingerprint density at radius 2 is 1.80 bits per heavy atom. The van der Waals surface area contributed by atoms with Gasteiger partial charge >= 0.3 is 0 Å². The molecule has 152 valence electrons. The van der Waals surface area contributed by atoms with Gasteiger partial charge in [-0.25, -0.2) is 0 Å². The smallest absolute Gasteiger partial charge is 0.162 e. The molecule has 1 aliphatic heterocycles. The molecular weight excluding hydrogens is 368 g/mol. The van der Waals surface area contributed by atoms with Crippen LogP contribution in [0, 0.1) is 5.41 Å². The lowest BCUT2D eigenvalue weighted by Crippen LogP contribution is -2.33. The molecule has 2 aliphatic rings. The Bertz CT molecular complexity index is 1190. The lowest BCUT2D eigenvalue weighted by molar-refractivity contribution is -0.118. The molecule has 0 fully saturated rings. The highest BCUT2D eigenvalue weighted by molar-refractivity contribution is 6.12. The first-order valence-corrected chi connectivity index (χ1v) is 10.8. The summed E-state index contributed by atoms with van der Waals surface area (Å²) in [5.41, 5.74) is 7.79. The fourth-order valence-electron chi connectivity index (χ4n) is 5.04. The molecule has 2 heterocycles. The number of rotatable bonds is 2. The van der Waals surface area contributed by atoms with E-state index in [1.807, 2.05) is 12.3 Å². The third kappa shape index (κ3) is 3.04. The van der Waals surface area contributed by atoms with Crippen LogP contribution < -0.4 is 5.32 Å². The van der Waals surface area contributed by atoms with E-state index in [0.29, 0.717) is 12.3 Å². The zero-order valence-corrected chi connectivity index (χ0v) is 18.1. The number of allylic oxidation sites excluding steroid dienone is 1. The highest BCUT2D eigenvalue weighted by Gasteiger charge is 2.40. The number of hydrogen-bond acceptors (Lipinski definition) is 3. The van der Waals surface area contributed by atoms with Gasteiger partial charge in [0, 0.05) is 34.8 Å². The Labute approximate surface area is 178 Å². The topological polar surface area (TPSA) is 42.0 Å². The van der Waals surface area contributed by atoms with Crippen LogP contribution in [0.1, 0.15) is 69.2 Å². The number of Topliss-reactive ketones (excluding diaryl/α,β-unsaturated/α-hetero) is 1. The van der Waals surface area contributed by atoms with Crippen molar-refractivity contribution in [1.29, 1.82) is 0 Å². The summed E-state index contributed by atoms with van der Waals surface area (Å²) in [6, 6.07) is 16.9. The molecule has 0 bridgehead atoms. The first-order valence-electron chi connectivity index (χ1n) is 10.8. The molecule has 1 N–H and O–H groups in total. The van der Waals surface area contributed by atoms with E-state index >= 15 is 0 Å². The Balaban J connectivity index is 1.73. The molecule has 0 saturated carbocycles. The van der Waals surface area contributed by atoms with Gasteiger partial charge in [0.15, 0.2) is 5.78 Å². The molecular formula is C27H28N2O. The minimum Gasteiger partial charge on any atom is -0.373 e. The predicted molar refractivity (Wildman–Crippen MR) is 124 cm³/mol. The second-order valence-electron chi connectivity index (χ2n) is 9.79. The van der Waals surface area contributed by atoms with Crippen LogP contribution in [0.2, 0.25) is 0 Å². The average Bonchev–Trinajstić information content (AvgIpc) is 2.72. The number of benzene rings is 2. The average molecular weight is 397 g/mol. The van der Waals surface area contributed by atoms with Gasteiger partial charge in [-0.15, -0.1) is 0 Å². The first-order chi connectivity index (χ1) is 14.3. The maximum atomic E-state index is 13.4. The monoisotopic (exact) mass is 396 g/mol. The highest BCUT2D eigenvalue weighted by atomic mass is 16.1. The lowest BCUT2D eigenvalue weighted by Gasteiger charge is -2.40. The standard InChI is InChI=1S/C27H28N2O/c1-16(2)17-7-9-18(10-8-17)26-25-20(14-27(3,4)15-23(25)30)24-19-6-5-13-28-21(19)11-12-22(24)29-26/h5-13,16,26,29H,14-15H2,1-4H3/t26-/m0/s1. The van der Waals surface area contributed by atoms with Gasteiger partial charge in [-0.2, -0.15) is 0 Å². The Morgan fingerprint density at radius 1 is 1.03 bits per heavy atom. The van der Waals surface area contributed by atoms with Crippen LogP contribution in [0.25, 0.3) is 16.5 Å². The molecule has 0 radical (unpaired) electrons. The molecule has 0 spiro atoms. The van der Waals surface area contributed by atoms with Crippen molar-refractivity contribution in [2.24, 2.45) is 5.41 Å². The SMILES string of the molecule is CC(C)c1ccc([C@@H]2Nc3ccc4ncccc4c3C3=C2C(=O)CC(C)(C)C3)cc1. The van der Waals surface area contributed by atoms with Gasteiger partial charge < -0.3 is 5.32 Å². The molecule has 3 nitrogen and oxygen atoms in total. The largest absolute Gasteiger partial charge is 0.373 e. The van der Waals surface area contributed by atoms with Crippen molar-refractivity contribution in [3.63, 3.8) is 0 Å². The Kier molecular flexibility index (Phi) is 4.32. The molecule has 3 aromatic rings. The van der Waals surface area contributed by atoms with Gasteiger partial charge in [0.25, 0.3) is 0 Å². The summed E-state index contributed by atoms with van der Waals surface area (Å²) in [4.78, 5) is 18.0. The van der Waals surface area contributed by atoms with Crippen molar-refractivity contribution >= 4 is 27.9 Å². The minimum atomic E-state index is -0.105. The second kappa shape index (κ2) is 6.80. The number of carbonyl (C=O) groups excluding carboxylic acids is 1. The number of anilines is 1. The molecule has 0 saturated heterocycles. The first kappa shape index (κ1) is 19.0. The van der Waals surface area contributed by atoms with E-state index < -0.39 is 0 Å². The highest BCUT2D eigenvalue weighted by Crippen LogP contribution is 2.51. The van der Waals surface area contributed by atoms with Gasteiger partial charge in [0.2, 0.25) is 0 Å². The summed E-state index contributed by atoms with van der Waals surface area (Å²) >= 11 is 0.